The van der Waals surface area contributed by atoms with Crippen molar-refractivity contribution in [2.75, 3.05) is 0 Å². The van der Waals surface area contributed by atoms with Crippen LogP contribution in [0, 0.1) is 29.3 Å². The molecule has 4 rings (SSSR count). The number of halogens is 1. The Hall–Kier alpha value is -2.92. The molecule has 0 spiro atoms. The predicted molar refractivity (Wildman–Crippen MR) is 123 cm³/mol. The van der Waals surface area contributed by atoms with Crippen molar-refractivity contribution in [2.45, 2.75) is 27.2 Å². The normalized spacial score (nSPS) is 10.6. The zero-order valence-corrected chi connectivity index (χ0v) is 18.6. The van der Waals surface area contributed by atoms with Crippen LogP contribution in [0.2, 0.25) is 0 Å². The van der Waals surface area contributed by atoms with Gasteiger partial charge >= 0.3 is 0 Å². The van der Waals surface area contributed by atoms with E-state index in [2.05, 4.69) is 51.3 Å². The Morgan fingerprint density at radius 1 is 1.17 bits per heavy atom. The van der Waals surface area contributed by atoms with Gasteiger partial charge in [-0.05, 0) is 66.3 Å². The molecule has 4 aromatic rings. The second kappa shape index (κ2) is 8.21. The summed E-state index contributed by atoms with van der Waals surface area (Å²) < 4.78 is 9.09. The third-order valence-corrected chi connectivity index (χ3v) is 5.39. The van der Waals surface area contributed by atoms with Crippen molar-refractivity contribution in [2.24, 2.45) is 0 Å². The molecule has 0 aliphatic carbocycles. The highest BCUT2D eigenvalue weighted by Crippen LogP contribution is 2.36. The lowest BCUT2D eigenvalue weighted by molar-refractivity contribution is 0.458. The molecule has 0 N–H and O–H groups in total. The van der Waals surface area contributed by atoms with Crippen molar-refractivity contribution in [3.63, 3.8) is 0 Å². The first-order chi connectivity index (χ1) is 14.1. The van der Waals surface area contributed by atoms with Gasteiger partial charge in [-0.3, -0.25) is 4.98 Å². The molecule has 6 heteroatoms. The summed E-state index contributed by atoms with van der Waals surface area (Å²) in [5.74, 6) is 7.71. The Kier molecular flexibility index (Phi) is 5.49. The van der Waals surface area contributed by atoms with E-state index in [1.54, 1.807) is 18.6 Å². The molecule has 144 valence electrons. The molecule has 29 heavy (non-hydrogen) atoms. The average molecular weight is 494 g/mol. The number of aryl methyl sites for hydroxylation is 2. The van der Waals surface area contributed by atoms with Crippen LogP contribution in [0.3, 0.4) is 0 Å². The van der Waals surface area contributed by atoms with Crippen LogP contribution >= 0.6 is 22.6 Å². The van der Waals surface area contributed by atoms with Crippen LogP contribution in [0.15, 0.2) is 48.9 Å². The van der Waals surface area contributed by atoms with Crippen LogP contribution < -0.4 is 4.74 Å². The summed E-state index contributed by atoms with van der Waals surface area (Å²) in [6, 6.07) is 9.75. The lowest BCUT2D eigenvalue weighted by atomic mass is 10.0. The number of benzene rings is 1. The summed E-state index contributed by atoms with van der Waals surface area (Å²) in [6.45, 7) is 6.12. The molecule has 0 radical (unpaired) electrons. The van der Waals surface area contributed by atoms with Crippen molar-refractivity contribution in [1.82, 2.24) is 19.7 Å². The number of ether oxygens (including phenoxy) is 1. The van der Waals surface area contributed by atoms with E-state index in [9.17, 15) is 0 Å². The number of hydrogen-bond acceptors (Lipinski definition) is 4. The monoisotopic (exact) mass is 494 g/mol. The third-order valence-electron chi connectivity index (χ3n) is 4.57. The molecule has 3 aromatic heterocycles. The van der Waals surface area contributed by atoms with E-state index < -0.39 is 0 Å². The van der Waals surface area contributed by atoms with Crippen LogP contribution in [0.4, 0.5) is 0 Å². The van der Waals surface area contributed by atoms with Gasteiger partial charge in [0.25, 0.3) is 0 Å². The van der Waals surface area contributed by atoms with Gasteiger partial charge in [-0.25, -0.2) is 9.67 Å². The molecule has 0 amide bonds. The summed E-state index contributed by atoms with van der Waals surface area (Å²) in [4.78, 5) is 8.61. The van der Waals surface area contributed by atoms with E-state index in [1.165, 1.54) is 0 Å². The minimum atomic E-state index is 0.565. The first-order valence-electron chi connectivity index (χ1n) is 9.30. The highest BCUT2D eigenvalue weighted by atomic mass is 127. The minimum absolute atomic E-state index is 0.565. The van der Waals surface area contributed by atoms with Gasteiger partial charge in [0.1, 0.15) is 5.75 Å². The molecule has 0 bridgehead atoms. The first kappa shape index (κ1) is 19.4. The maximum absolute atomic E-state index is 6.25. The lowest BCUT2D eigenvalue weighted by Crippen LogP contribution is -1.99. The van der Waals surface area contributed by atoms with E-state index in [-0.39, 0.29) is 0 Å². The van der Waals surface area contributed by atoms with Crippen LogP contribution in [0.25, 0.3) is 16.6 Å². The molecule has 3 heterocycles. The van der Waals surface area contributed by atoms with E-state index in [4.69, 9.17) is 9.84 Å². The molecule has 0 unspecified atom stereocenters. The number of hydrogen-bond donors (Lipinski definition) is 0. The molecule has 1 aromatic carbocycles. The standard InChI is InChI=1S/C23H19IN4O/c1-4-5-9-18-15(2)22-16(3)27-28(17-8-6-11-25-14-17)20(22)13-21(18)29-23-19(24)10-7-12-26-23/h6-8,10-14H,4H2,1-3H3. The molecule has 0 aliphatic rings. The fourth-order valence-corrected chi connectivity index (χ4v) is 3.74. The Morgan fingerprint density at radius 3 is 2.72 bits per heavy atom. The number of rotatable bonds is 3. The van der Waals surface area contributed by atoms with E-state index in [0.29, 0.717) is 11.6 Å². The predicted octanol–water partition coefficient (Wildman–Crippen LogP) is 5.59. The topological polar surface area (TPSA) is 52.8 Å². The zero-order valence-electron chi connectivity index (χ0n) is 16.4. The van der Waals surface area contributed by atoms with Crippen molar-refractivity contribution in [3.05, 3.63) is 69.3 Å². The van der Waals surface area contributed by atoms with Crippen LogP contribution in [0.5, 0.6) is 11.6 Å². The largest absolute Gasteiger partial charge is 0.437 e. The summed E-state index contributed by atoms with van der Waals surface area (Å²) in [5, 5.41) is 5.84. The fourth-order valence-electron chi connectivity index (χ4n) is 3.29. The van der Waals surface area contributed by atoms with Gasteiger partial charge in [0.05, 0.1) is 32.2 Å². The summed E-state index contributed by atoms with van der Waals surface area (Å²) in [6.07, 6.45) is 6.05. The number of aromatic nitrogens is 4. The summed E-state index contributed by atoms with van der Waals surface area (Å²) >= 11 is 2.23. The zero-order chi connectivity index (χ0) is 20.4. The highest BCUT2D eigenvalue weighted by molar-refractivity contribution is 14.1. The van der Waals surface area contributed by atoms with Gasteiger partial charge in [-0.15, -0.1) is 0 Å². The quantitative estimate of drug-likeness (QED) is 0.275. The van der Waals surface area contributed by atoms with Crippen molar-refractivity contribution in [3.8, 4) is 29.2 Å². The maximum atomic E-state index is 6.25. The molecule has 0 atom stereocenters. The Balaban J connectivity index is 1.98. The van der Waals surface area contributed by atoms with Crippen LogP contribution in [-0.4, -0.2) is 19.7 Å². The second-order valence-electron chi connectivity index (χ2n) is 6.53. The molecule has 0 saturated carbocycles. The molecule has 0 aliphatic heterocycles. The van der Waals surface area contributed by atoms with Gasteiger partial charge in [-0.2, -0.15) is 5.10 Å². The van der Waals surface area contributed by atoms with Gasteiger partial charge in [0.2, 0.25) is 5.88 Å². The first-order valence-corrected chi connectivity index (χ1v) is 10.4. The molecular weight excluding hydrogens is 475 g/mol. The highest BCUT2D eigenvalue weighted by Gasteiger charge is 2.19. The average Bonchev–Trinajstić information content (AvgIpc) is 3.06. The second-order valence-corrected chi connectivity index (χ2v) is 7.69. The summed E-state index contributed by atoms with van der Waals surface area (Å²) in [5.41, 5.74) is 4.72. The van der Waals surface area contributed by atoms with Gasteiger partial charge in [0.15, 0.2) is 0 Å². The van der Waals surface area contributed by atoms with Crippen LogP contribution in [0.1, 0.15) is 30.2 Å². The SMILES string of the molecule is CCC#Cc1c(Oc2ncccc2I)cc2c(c(C)nn2-c2cccnc2)c1C. The Labute approximate surface area is 183 Å². The van der Waals surface area contributed by atoms with Crippen molar-refractivity contribution < 1.29 is 4.74 Å². The molecule has 0 saturated heterocycles. The Morgan fingerprint density at radius 2 is 2.00 bits per heavy atom. The summed E-state index contributed by atoms with van der Waals surface area (Å²) in [7, 11) is 0. The van der Waals surface area contributed by atoms with Crippen molar-refractivity contribution >= 4 is 33.5 Å². The maximum Gasteiger partial charge on any atom is 0.232 e. The van der Waals surface area contributed by atoms with E-state index in [0.717, 1.165) is 43.4 Å². The number of fused-ring (bicyclic) bond motifs is 1. The lowest BCUT2D eigenvalue weighted by Gasteiger charge is -2.12. The van der Waals surface area contributed by atoms with Gasteiger partial charge in [0, 0.05) is 30.3 Å². The van der Waals surface area contributed by atoms with E-state index >= 15 is 0 Å². The molecule has 0 fully saturated rings. The smallest absolute Gasteiger partial charge is 0.232 e. The minimum Gasteiger partial charge on any atom is -0.437 e. The number of pyridine rings is 2. The van der Waals surface area contributed by atoms with Gasteiger partial charge in [-0.1, -0.05) is 18.8 Å². The third kappa shape index (κ3) is 3.70. The van der Waals surface area contributed by atoms with Crippen molar-refractivity contribution in [1.29, 1.82) is 0 Å². The Bertz CT molecular complexity index is 1250. The number of nitrogens with zero attached hydrogens (tertiary/aromatic N) is 4. The molecular formula is C23H19IN4O. The van der Waals surface area contributed by atoms with Crippen LogP contribution in [-0.2, 0) is 0 Å². The fraction of sp³-hybridized carbons (Fsp3) is 0.174. The van der Waals surface area contributed by atoms with Gasteiger partial charge < -0.3 is 4.74 Å². The van der Waals surface area contributed by atoms with E-state index in [1.807, 2.05) is 48.9 Å². The molecule has 5 nitrogen and oxygen atoms in total.